The molecule has 26 heavy (non-hydrogen) atoms. The molecule has 1 N–H and O–H groups in total. The molecular formula is C20H39NO4S. The Kier molecular flexibility index (Phi) is 18.2. The molecule has 6 heteroatoms. The third-order valence-corrected chi connectivity index (χ3v) is 4.80. The largest absolute Gasteiger partial charge is 0.464 e. The first-order valence-corrected chi connectivity index (χ1v) is 11.6. The number of carbonyl (C=O) groups is 2. The predicted molar refractivity (Wildman–Crippen MR) is 110 cm³/mol. The molecule has 0 saturated carbocycles. The average molecular weight is 390 g/mol. The van der Waals surface area contributed by atoms with Gasteiger partial charge >= 0.3 is 12.1 Å². The molecule has 0 heterocycles. The highest BCUT2D eigenvalue weighted by molar-refractivity contribution is 7.98. The minimum absolute atomic E-state index is 0.352. The summed E-state index contributed by atoms with van der Waals surface area (Å²) in [4.78, 5) is 24.0. The van der Waals surface area contributed by atoms with Crippen molar-refractivity contribution in [3.63, 3.8) is 0 Å². The lowest BCUT2D eigenvalue weighted by Gasteiger charge is -2.17. The molecule has 0 radical (unpaired) electrons. The van der Waals surface area contributed by atoms with Crippen LogP contribution in [0.15, 0.2) is 0 Å². The van der Waals surface area contributed by atoms with E-state index >= 15 is 0 Å². The average Bonchev–Trinajstić information content (AvgIpc) is 2.63. The highest BCUT2D eigenvalue weighted by Crippen LogP contribution is 2.09. The van der Waals surface area contributed by atoms with Gasteiger partial charge < -0.3 is 14.8 Å². The monoisotopic (exact) mass is 389 g/mol. The molecule has 1 unspecified atom stereocenters. The Morgan fingerprint density at radius 2 is 1.42 bits per heavy atom. The summed E-state index contributed by atoms with van der Waals surface area (Å²) in [6.45, 7) is 5.06. The number of amides is 1. The van der Waals surface area contributed by atoms with Gasteiger partial charge in [0.15, 0.2) is 0 Å². The van der Waals surface area contributed by atoms with Gasteiger partial charge in [0.25, 0.3) is 0 Å². The van der Waals surface area contributed by atoms with E-state index in [9.17, 15) is 9.59 Å². The molecule has 0 rings (SSSR count). The van der Waals surface area contributed by atoms with E-state index in [1.54, 1.807) is 11.8 Å². The lowest BCUT2D eigenvalue weighted by atomic mass is 10.1. The van der Waals surface area contributed by atoms with Crippen LogP contribution in [-0.2, 0) is 14.3 Å². The minimum Gasteiger partial charge on any atom is -0.464 e. The Hall–Kier alpha value is -0.910. The van der Waals surface area contributed by atoms with Crippen LogP contribution in [0.2, 0.25) is 0 Å². The number of nitrogens with one attached hydrogen (secondary N) is 1. The van der Waals surface area contributed by atoms with Crippen LogP contribution in [0.3, 0.4) is 0 Å². The van der Waals surface area contributed by atoms with Crippen molar-refractivity contribution in [2.45, 2.75) is 90.5 Å². The number of esters is 1. The molecule has 154 valence electrons. The third-order valence-electron chi connectivity index (χ3n) is 4.16. The summed E-state index contributed by atoms with van der Waals surface area (Å²) in [6, 6.07) is -0.620. The molecule has 1 atom stereocenters. The van der Waals surface area contributed by atoms with Gasteiger partial charge in [-0.3, -0.25) is 0 Å². The molecule has 1 amide bonds. The normalized spacial score (nSPS) is 11.8. The summed E-state index contributed by atoms with van der Waals surface area (Å²) in [5, 5.41) is 2.64. The van der Waals surface area contributed by atoms with Gasteiger partial charge in [-0.2, -0.15) is 11.8 Å². The Morgan fingerprint density at radius 3 is 2.04 bits per heavy atom. The zero-order valence-corrected chi connectivity index (χ0v) is 17.8. The second kappa shape index (κ2) is 18.9. The predicted octanol–water partition coefficient (Wildman–Crippen LogP) is 5.32. The van der Waals surface area contributed by atoms with Crippen molar-refractivity contribution in [2.75, 3.05) is 25.2 Å². The summed E-state index contributed by atoms with van der Waals surface area (Å²) < 4.78 is 10.4. The molecule has 5 nitrogen and oxygen atoms in total. The highest BCUT2D eigenvalue weighted by atomic mass is 32.2. The number of hydrogen-bond donors (Lipinski definition) is 1. The van der Waals surface area contributed by atoms with Crippen LogP contribution in [0.5, 0.6) is 0 Å². The van der Waals surface area contributed by atoms with Gasteiger partial charge in [0, 0.05) is 0 Å². The van der Waals surface area contributed by atoms with E-state index in [0.717, 1.165) is 31.4 Å². The van der Waals surface area contributed by atoms with Crippen molar-refractivity contribution in [2.24, 2.45) is 0 Å². The first-order valence-electron chi connectivity index (χ1n) is 10.2. The lowest BCUT2D eigenvalue weighted by Crippen LogP contribution is -2.42. The maximum absolute atomic E-state index is 12.2. The third kappa shape index (κ3) is 15.4. The Labute approximate surface area is 164 Å². The van der Waals surface area contributed by atoms with Gasteiger partial charge in [-0.1, -0.05) is 65.2 Å². The summed E-state index contributed by atoms with van der Waals surface area (Å²) >= 11 is 1.64. The molecule has 0 aromatic carbocycles. The maximum atomic E-state index is 12.2. The second-order valence-electron chi connectivity index (χ2n) is 6.61. The molecule has 0 aliphatic rings. The minimum atomic E-state index is -0.620. The fourth-order valence-electron chi connectivity index (χ4n) is 2.49. The second-order valence-corrected chi connectivity index (χ2v) is 7.60. The van der Waals surface area contributed by atoms with Gasteiger partial charge in [-0.15, -0.1) is 0 Å². The van der Waals surface area contributed by atoms with Crippen molar-refractivity contribution in [3.05, 3.63) is 0 Å². The highest BCUT2D eigenvalue weighted by Gasteiger charge is 2.22. The van der Waals surface area contributed by atoms with Crippen molar-refractivity contribution >= 4 is 23.8 Å². The van der Waals surface area contributed by atoms with Crippen LogP contribution >= 0.6 is 11.8 Å². The van der Waals surface area contributed by atoms with E-state index in [1.807, 2.05) is 13.2 Å². The molecule has 0 spiro atoms. The van der Waals surface area contributed by atoms with Crippen molar-refractivity contribution in [3.8, 4) is 0 Å². The number of rotatable bonds is 17. The number of alkyl carbamates (subject to hydrolysis) is 1. The SMILES string of the molecule is CCCCCCCCCCOC(=O)C(CCSC)NC(=O)OCCCC. The fraction of sp³-hybridized carbons (Fsp3) is 0.900. The van der Waals surface area contributed by atoms with Crippen molar-refractivity contribution in [1.29, 1.82) is 0 Å². The van der Waals surface area contributed by atoms with E-state index < -0.39 is 12.1 Å². The van der Waals surface area contributed by atoms with E-state index in [0.29, 0.717) is 19.6 Å². The van der Waals surface area contributed by atoms with Crippen LogP contribution in [0, 0.1) is 0 Å². The molecule has 0 fully saturated rings. The van der Waals surface area contributed by atoms with E-state index in [-0.39, 0.29) is 5.97 Å². The number of hydrogen-bond acceptors (Lipinski definition) is 5. The van der Waals surface area contributed by atoms with Crippen molar-refractivity contribution in [1.82, 2.24) is 5.32 Å². The standard InChI is InChI=1S/C20H39NO4S/c1-4-6-8-9-10-11-12-13-16-24-19(22)18(14-17-26-3)21-20(23)25-15-7-5-2/h18H,4-17H2,1-3H3,(H,21,23). The van der Waals surface area contributed by atoms with Gasteiger partial charge in [-0.05, 0) is 31.3 Å². The van der Waals surface area contributed by atoms with Crippen LogP contribution in [0.1, 0.15) is 84.5 Å². The first kappa shape index (κ1) is 25.1. The summed E-state index contributed by atoms with van der Waals surface area (Å²) in [7, 11) is 0. The fourth-order valence-corrected chi connectivity index (χ4v) is 2.96. The van der Waals surface area contributed by atoms with Gasteiger partial charge in [0.1, 0.15) is 6.04 Å². The summed E-state index contributed by atoms with van der Waals surface area (Å²) in [5.74, 6) is 0.432. The van der Waals surface area contributed by atoms with Gasteiger partial charge in [-0.25, -0.2) is 9.59 Å². The molecule has 0 aromatic rings. The van der Waals surface area contributed by atoms with Gasteiger partial charge in [0.05, 0.1) is 13.2 Å². The molecular weight excluding hydrogens is 350 g/mol. The van der Waals surface area contributed by atoms with E-state index in [1.165, 1.54) is 38.5 Å². The molecule has 0 aliphatic heterocycles. The van der Waals surface area contributed by atoms with Crippen LogP contribution in [0.25, 0.3) is 0 Å². The number of unbranched alkanes of at least 4 members (excludes halogenated alkanes) is 8. The van der Waals surface area contributed by atoms with E-state index in [4.69, 9.17) is 9.47 Å². The Balaban J connectivity index is 3.94. The van der Waals surface area contributed by atoms with Gasteiger partial charge in [0.2, 0.25) is 0 Å². The number of carbonyl (C=O) groups excluding carboxylic acids is 2. The van der Waals surface area contributed by atoms with Crippen molar-refractivity contribution < 1.29 is 19.1 Å². The summed E-state index contributed by atoms with van der Waals surface area (Å²) in [6.07, 6.45) is 13.4. The quantitative estimate of drug-likeness (QED) is 0.269. The maximum Gasteiger partial charge on any atom is 0.407 e. The van der Waals surface area contributed by atoms with Crippen LogP contribution < -0.4 is 5.32 Å². The zero-order valence-electron chi connectivity index (χ0n) is 17.0. The number of ether oxygens (including phenoxy) is 2. The molecule has 0 bridgehead atoms. The Bertz CT molecular complexity index is 353. The van der Waals surface area contributed by atoms with Crippen LogP contribution in [-0.4, -0.2) is 43.3 Å². The summed E-state index contributed by atoms with van der Waals surface area (Å²) in [5.41, 5.74) is 0. The molecule has 0 aromatic heterocycles. The van der Waals surface area contributed by atoms with E-state index in [2.05, 4.69) is 12.2 Å². The smallest absolute Gasteiger partial charge is 0.407 e. The Morgan fingerprint density at radius 1 is 0.846 bits per heavy atom. The lowest BCUT2D eigenvalue weighted by molar-refractivity contribution is -0.146. The van der Waals surface area contributed by atoms with Crippen LogP contribution in [0.4, 0.5) is 4.79 Å². The number of thioether (sulfide) groups is 1. The first-order chi connectivity index (χ1) is 12.7. The topological polar surface area (TPSA) is 64.6 Å². The molecule has 0 aliphatic carbocycles. The molecule has 0 saturated heterocycles. The zero-order chi connectivity index (χ0) is 19.5.